The first kappa shape index (κ1) is 20.9. The lowest BCUT2D eigenvalue weighted by Crippen LogP contribution is -2.30. The molecule has 0 aromatic carbocycles. The maximum atomic E-state index is 5.76. The van der Waals surface area contributed by atoms with E-state index < -0.39 is 0 Å². The van der Waals surface area contributed by atoms with Crippen LogP contribution in [0.1, 0.15) is 58.3 Å². The fourth-order valence-corrected chi connectivity index (χ4v) is 4.89. The van der Waals surface area contributed by atoms with Crippen LogP contribution in [0.25, 0.3) is 27.8 Å². The molecule has 5 rings (SSSR count). The van der Waals surface area contributed by atoms with E-state index in [1.165, 1.54) is 0 Å². The number of nitrogens with one attached hydrogen (secondary N) is 1. The molecule has 0 radical (unpaired) electrons. The summed E-state index contributed by atoms with van der Waals surface area (Å²) < 4.78 is 9.88. The number of aromatic nitrogens is 6. The summed E-state index contributed by atoms with van der Waals surface area (Å²) in [4.78, 5) is 13.8. The Morgan fingerprint density at radius 3 is 2.69 bits per heavy atom. The summed E-state index contributed by atoms with van der Waals surface area (Å²) in [5, 5.41) is 8.22. The van der Waals surface area contributed by atoms with Gasteiger partial charge >= 0.3 is 0 Å². The molecular formula is C24H31N7O. The van der Waals surface area contributed by atoms with Gasteiger partial charge in [0.2, 0.25) is 5.95 Å². The predicted octanol–water partition coefficient (Wildman–Crippen LogP) is 4.79. The lowest BCUT2D eigenvalue weighted by molar-refractivity contribution is 0.0346. The van der Waals surface area contributed by atoms with Gasteiger partial charge in [-0.2, -0.15) is 0 Å². The van der Waals surface area contributed by atoms with E-state index in [4.69, 9.17) is 9.84 Å². The quantitative estimate of drug-likeness (QED) is 0.471. The highest BCUT2D eigenvalue weighted by Gasteiger charge is 2.22. The third-order valence-corrected chi connectivity index (χ3v) is 6.38. The summed E-state index contributed by atoms with van der Waals surface area (Å²) in [6, 6.07) is 4.96. The van der Waals surface area contributed by atoms with Gasteiger partial charge in [-0.1, -0.05) is 0 Å². The van der Waals surface area contributed by atoms with Crippen LogP contribution in [-0.2, 0) is 4.74 Å². The van der Waals surface area contributed by atoms with Gasteiger partial charge in [0, 0.05) is 42.2 Å². The maximum Gasteiger partial charge on any atom is 0.241 e. The number of imidazole rings is 1. The van der Waals surface area contributed by atoms with Gasteiger partial charge in [0.05, 0.1) is 23.3 Å². The smallest absolute Gasteiger partial charge is 0.241 e. The number of ether oxygens (including phenoxy) is 1. The van der Waals surface area contributed by atoms with E-state index in [9.17, 15) is 0 Å². The van der Waals surface area contributed by atoms with Crippen LogP contribution in [0.4, 0.5) is 5.95 Å². The monoisotopic (exact) mass is 433 g/mol. The van der Waals surface area contributed by atoms with Gasteiger partial charge in [-0.05, 0) is 65.5 Å². The van der Waals surface area contributed by atoms with Crippen LogP contribution < -0.4 is 5.32 Å². The van der Waals surface area contributed by atoms with Crippen molar-refractivity contribution in [3.63, 3.8) is 0 Å². The topological polar surface area (TPSA) is 82.2 Å². The second-order valence-electron chi connectivity index (χ2n) is 8.90. The number of anilines is 1. The minimum atomic E-state index is 0.323. The third kappa shape index (κ3) is 3.83. The first-order chi connectivity index (χ1) is 15.5. The van der Waals surface area contributed by atoms with Crippen molar-refractivity contribution in [2.75, 3.05) is 11.9 Å². The van der Waals surface area contributed by atoms with Gasteiger partial charge in [0.15, 0.2) is 5.65 Å². The molecule has 4 aromatic heterocycles. The minimum absolute atomic E-state index is 0.323. The molecule has 1 aliphatic rings. The van der Waals surface area contributed by atoms with Crippen LogP contribution in [0.15, 0.2) is 30.7 Å². The van der Waals surface area contributed by atoms with Crippen LogP contribution >= 0.6 is 0 Å². The van der Waals surface area contributed by atoms with Crippen LogP contribution in [-0.4, -0.2) is 47.9 Å². The zero-order valence-corrected chi connectivity index (χ0v) is 19.2. The largest absolute Gasteiger partial charge is 0.379 e. The number of rotatable bonds is 6. The summed E-state index contributed by atoms with van der Waals surface area (Å²) in [6.45, 7) is 9.22. The maximum absolute atomic E-state index is 5.76. The number of fused-ring (bicyclic) bond motifs is 2. The second kappa shape index (κ2) is 8.50. The Labute approximate surface area is 188 Å². The lowest BCUT2D eigenvalue weighted by Gasteiger charge is -2.28. The molecule has 0 atom stereocenters. The lowest BCUT2D eigenvalue weighted by atomic mass is 9.93. The van der Waals surface area contributed by atoms with E-state index in [0.29, 0.717) is 24.1 Å². The number of nitrogens with zero attached hydrogens (tertiary/aromatic N) is 6. The molecule has 0 bridgehead atoms. The van der Waals surface area contributed by atoms with Crippen molar-refractivity contribution in [3.05, 3.63) is 36.5 Å². The Morgan fingerprint density at radius 1 is 1.12 bits per heavy atom. The molecule has 1 N–H and O–H groups in total. The molecule has 0 unspecified atom stereocenters. The molecule has 0 saturated heterocycles. The zero-order valence-electron chi connectivity index (χ0n) is 19.2. The van der Waals surface area contributed by atoms with Crippen LogP contribution in [0.2, 0.25) is 0 Å². The first-order valence-corrected chi connectivity index (χ1v) is 11.6. The summed E-state index contributed by atoms with van der Waals surface area (Å²) in [6.07, 6.45) is 10.5. The van der Waals surface area contributed by atoms with E-state index in [1.807, 2.05) is 30.0 Å². The highest BCUT2D eigenvalue weighted by atomic mass is 16.5. The Kier molecular flexibility index (Phi) is 5.55. The highest BCUT2D eigenvalue weighted by molar-refractivity contribution is 5.85. The standard InChI is InChI=1S/C24H31N7O/c1-5-32-19-8-6-18(7-9-19)28-24-26-14-22-20(10-11-30(22)29-24)17-12-21-23(25-13-17)27-16(4)31(21)15(2)3/h10-15,18-19H,5-9H2,1-4H3,(H,28,29)/t18-,19+. The van der Waals surface area contributed by atoms with Gasteiger partial charge in [-0.15, -0.1) is 5.10 Å². The first-order valence-electron chi connectivity index (χ1n) is 11.6. The molecule has 0 aliphatic heterocycles. The molecule has 8 heteroatoms. The average molecular weight is 434 g/mol. The molecule has 1 fully saturated rings. The summed E-state index contributed by atoms with van der Waals surface area (Å²) >= 11 is 0. The molecule has 8 nitrogen and oxygen atoms in total. The van der Waals surface area contributed by atoms with Gasteiger partial charge in [0.25, 0.3) is 0 Å². The molecule has 168 valence electrons. The van der Waals surface area contributed by atoms with Gasteiger partial charge in [-0.25, -0.2) is 19.5 Å². The van der Waals surface area contributed by atoms with E-state index in [-0.39, 0.29) is 0 Å². The van der Waals surface area contributed by atoms with Crippen molar-refractivity contribution in [3.8, 4) is 11.1 Å². The van der Waals surface area contributed by atoms with E-state index in [2.05, 4.69) is 57.7 Å². The Bertz CT molecular complexity index is 1230. The molecular weight excluding hydrogens is 402 g/mol. The van der Waals surface area contributed by atoms with Crippen LogP contribution in [0.3, 0.4) is 0 Å². The van der Waals surface area contributed by atoms with Crippen molar-refractivity contribution < 1.29 is 4.74 Å². The molecule has 4 heterocycles. The molecule has 0 amide bonds. The number of hydrogen-bond acceptors (Lipinski definition) is 6. The van der Waals surface area contributed by atoms with Gasteiger partial charge in [-0.3, -0.25) is 0 Å². The Balaban J connectivity index is 1.39. The predicted molar refractivity (Wildman–Crippen MR) is 126 cm³/mol. The van der Waals surface area contributed by atoms with Crippen molar-refractivity contribution in [2.24, 2.45) is 0 Å². The van der Waals surface area contributed by atoms with E-state index in [1.54, 1.807) is 0 Å². The summed E-state index contributed by atoms with van der Waals surface area (Å²) in [7, 11) is 0. The van der Waals surface area contributed by atoms with Crippen molar-refractivity contribution >= 4 is 22.6 Å². The second-order valence-corrected chi connectivity index (χ2v) is 8.90. The number of pyridine rings is 1. The Hall–Kier alpha value is -3.00. The fourth-order valence-electron chi connectivity index (χ4n) is 4.89. The summed E-state index contributed by atoms with van der Waals surface area (Å²) in [5.74, 6) is 1.65. The molecule has 0 spiro atoms. The number of hydrogen-bond donors (Lipinski definition) is 1. The molecule has 1 saturated carbocycles. The molecule has 1 aliphatic carbocycles. The average Bonchev–Trinajstić information content (AvgIpc) is 3.34. The third-order valence-electron chi connectivity index (χ3n) is 6.38. The highest BCUT2D eigenvalue weighted by Crippen LogP contribution is 2.29. The Morgan fingerprint density at radius 2 is 1.94 bits per heavy atom. The van der Waals surface area contributed by atoms with Gasteiger partial charge in [0.1, 0.15) is 5.82 Å². The SMILES string of the molecule is CCO[C@H]1CC[C@@H](Nc2ncc3c(-c4cnc5nc(C)n(C(C)C)c5c4)ccn3n2)CC1. The van der Waals surface area contributed by atoms with Crippen molar-refractivity contribution in [2.45, 2.75) is 71.6 Å². The molecule has 4 aromatic rings. The van der Waals surface area contributed by atoms with Crippen molar-refractivity contribution in [1.29, 1.82) is 0 Å². The van der Waals surface area contributed by atoms with Crippen LogP contribution in [0, 0.1) is 6.92 Å². The normalized spacial score (nSPS) is 19.3. The summed E-state index contributed by atoms with van der Waals surface area (Å²) in [5.41, 5.74) is 4.91. The fraction of sp³-hybridized carbons (Fsp3) is 0.500. The van der Waals surface area contributed by atoms with Crippen molar-refractivity contribution in [1.82, 2.24) is 29.1 Å². The minimum Gasteiger partial charge on any atom is -0.379 e. The van der Waals surface area contributed by atoms with E-state index >= 15 is 0 Å². The van der Waals surface area contributed by atoms with E-state index in [0.717, 1.165) is 65.9 Å². The van der Waals surface area contributed by atoms with Gasteiger partial charge < -0.3 is 14.6 Å². The molecule has 32 heavy (non-hydrogen) atoms. The number of aryl methyl sites for hydroxylation is 1. The van der Waals surface area contributed by atoms with Crippen LogP contribution in [0.5, 0.6) is 0 Å². The zero-order chi connectivity index (χ0) is 22.2.